The summed E-state index contributed by atoms with van der Waals surface area (Å²) in [6, 6.07) is 11.5. The van der Waals surface area contributed by atoms with Crippen LogP contribution in [0.2, 0.25) is 0 Å². The Morgan fingerprint density at radius 1 is 1.41 bits per heavy atom. The molecule has 5 heteroatoms. The molecule has 0 saturated heterocycles. The lowest BCUT2D eigenvalue weighted by molar-refractivity contribution is 0.453. The molecule has 17 heavy (non-hydrogen) atoms. The number of benzene rings is 1. The molecule has 0 fully saturated rings. The summed E-state index contributed by atoms with van der Waals surface area (Å²) in [6.07, 6.45) is 3.06. The third-order valence-corrected chi connectivity index (χ3v) is 3.37. The molecule has 0 radical (unpaired) electrons. The summed E-state index contributed by atoms with van der Waals surface area (Å²) in [6.45, 7) is 0. The van der Waals surface area contributed by atoms with Crippen molar-refractivity contribution >= 4 is 11.8 Å². The maximum Gasteiger partial charge on any atom is 0.255 e. The van der Waals surface area contributed by atoms with Gasteiger partial charge in [-0.25, -0.2) is 4.98 Å². The number of nitrogens with two attached hydrogens (primary N) is 1. The van der Waals surface area contributed by atoms with Crippen molar-refractivity contribution in [2.24, 2.45) is 5.73 Å². The fraction of sp³-hybridized carbons (Fsp3) is 0.167. The SMILES string of the molecule is N#CC(N)(CSc1ncco1)c1ccccc1. The van der Waals surface area contributed by atoms with Crippen LogP contribution in [0, 0.1) is 11.3 Å². The molecule has 0 saturated carbocycles. The lowest BCUT2D eigenvalue weighted by atomic mass is 9.95. The summed E-state index contributed by atoms with van der Waals surface area (Å²) in [5.74, 6) is 0.397. The number of thioether (sulfide) groups is 1. The van der Waals surface area contributed by atoms with Crippen LogP contribution in [0.15, 0.2) is 52.4 Å². The summed E-state index contributed by atoms with van der Waals surface area (Å²) < 4.78 is 5.10. The molecule has 0 aliphatic carbocycles. The Morgan fingerprint density at radius 3 is 2.76 bits per heavy atom. The third kappa shape index (κ3) is 2.67. The molecule has 0 bridgehead atoms. The second-order valence-corrected chi connectivity index (χ2v) is 4.46. The Morgan fingerprint density at radius 2 is 2.18 bits per heavy atom. The average Bonchev–Trinajstić information content (AvgIpc) is 2.90. The summed E-state index contributed by atoms with van der Waals surface area (Å²) in [5.41, 5.74) is 5.85. The predicted octanol–water partition coefficient (Wildman–Crippen LogP) is 2.14. The summed E-state index contributed by atoms with van der Waals surface area (Å²) >= 11 is 1.33. The molecule has 2 N–H and O–H groups in total. The molecule has 1 atom stereocenters. The van der Waals surface area contributed by atoms with Crippen LogP contribution < -0.4 is 5.73 Å². The van der Waals surface area contributed by atoms with Crippen LogP contribution in [0.25, 0.3) is 0 Å². The van der Waals surface area contributed by atoms with Crippen LogP contribution in [-0.4, -0.2) is 10.7 Å². The minimum Gasteiger partial charge on any atom is -0.440 e. The van der Waals surface area contributed by atoms with Gasteiger partial charge in [0.25, 0.3) is 5.22 Å². The van der Waals surface area contributed by atoms with Gasteiger partial charge < -0.3 is 10.2 Å². The molecule has 1 heterocycles. The van der Waals surface area contributed by atoms with E-state index in [2.05, 4.69) is 11.1 Å². The lowest BCUT2D eigenvalue weighted by Gasteiger charge is -2.20. The van der Waals surface area contributed by atoms with Crippen LogP contribution in [-0.2, 0) is 5.54 Å². The first-order valence-corrected chi connectivity index (χ1v) is 6.01. The monoisotopic (exact) mass is 245 g/mol. The van der Waals surface area contributed by atoms with Crippen LogP contribution in [0.3, 0.4) is 0 Å². The average molecular weight is 245 g/mol. The highest BCUT2D eigenvalue weighted by atomic mass is 32.2. The second-order valence-electron chi connectivity index (χ2n) is 3.54. The minimum atomic E-state index is -1.03. The van der Waals surface area contributed by atoms with E-state index in [9.17, 15) is 5.26 Å². The highest BCUT2D eigenvalue weighted by Crippen LogP contribution is 2.26. The van der Waals surface area contributed by atoms with E-state index in [0.717, 1.165) is 5.56 Å². The Balaban J connectivity index is 2.13. The molecular weight excluding hydrogens is 234 g/mol. The molecule has 1 aromatic heterocycles. The van der Waals surface area contributed by atoms with E-state index in [1.165, 1.54) is 18.0 Å². The van der Waals surface area contributed by atoms with Gasteiger partial charge in [0.05, 0.1) is 12.3 Å². The van der Waals surface area contributed by atoms with Crippen molar-refractivity contribution in [2.45, 2.75) is 10.8 Å². The largest absolute Gasteiger partial charge is 0.440 e. The smallest absolute Gasteiger partial charge is 0.255 e. The first-order valence-electron chi connectivity index (χ1n) is 5.02. The third-order valence-electron chi connectivity index (χ3n) is 2.32. The van der Waals surface area contributed by atoms with E-state index in [1.54, 1.807) is 6.20 Å². The number of aromatic nitrogens is 1. The first kappa shape index (κ1) is 11.7. The van der Waals surface area contributed by atoms with Gasteiger partial charge >= 0.3 is 0 Å². The van der Waals surface area contributed by atoms with Gasteiger partial charge in [0.1, 0.15) is 11.8 Å². The van der Waals surface area contributed by atoms with Gasteiger partial charge in [0, 0.05) is 5.75 Å². The molecule has 2 rings (SSSR count). The predicted molar refractivity (Wildman–Crippen MR) is 65.1 cm³/mol. The van der Waals surface area contributed by atoms with Gasteiger partial charge in [-0.3, -0.25) is 0 Å². The standard InChI is InChI=1S/C12H11N3OS/c13-8-12(14,10-4-2-1-3-5-10)9-17-11-15-6-7-16-11/h1-7H,9,14H2. The fourth-order valence-corrected chi connectivity index (χ4v) is 2.21. The topological polar surface area (TPSA) is 75.8 Å². The van der Waals surface area contributed by atoms with E-state index < -0.39 is 5.54 Å². The van der Waals surface area contributed by atoms with Crippen molar-refractivity contribution in [3.63, 3.8) is 0 Å². The zero-order valence-corrected chi connectivity index (χ0v) is 9.85. The zero-order chi connectivity index (χ0) is 12.1. The lowest BCUT2D eigenvalue weighted by Crippen LogP contribution is -2.37. The summed E-state index contributed by atoms with van der Waals surface area (Å²) in [7, 11) is 0. The van der Waals surface area contributed by atoms with Crippen molar-refractivity contribution in [2.75, 3.05) is 5.75 Å². The van der Waals surface area contributed by atoms with Crippen molar-refractivity contribution < 1.29 is 4.42 Å². The van der Waals surface area contributed by atoms with E-state index >= 15 is 0 Å². The molecule has 0 amide bonds. The Kier molecular flexibility index (Phi) is 3.47. The van der Waals surface area contributed by atoms with Gasteiger partial charge in [-0.2, -0.15) is 5.26 Å². The molecular formula is C12H11N3OS. The van der Waals surface area contributed by atoms with Gasteiger partial charge in [-0.1, -0.05) is 42.1 Å². The molecule has 2 aromatic rings. The van der Waals surface area contributed by atoms with Gasteiger partial charge in [0.2, 0.25) is 0 Å². The van der Waals surface area contributed by atoms with Crippen molar-refractivity contribution in [3.05, 3.63) is 48.4 Å². The molecule has 1 aromatic carbocycles. The van der Waals surface area contributed by atoms with Crippen molar-refractivity contribution in [3.8, 4) is 6.07 Å². The number of hydrogen-bond acceptors (Lipinski definition) is 5. The number of hydrogen-bond donors (Lipinski definition) is 1. The number of oxazole rings is 1. The van der Waals surface area contributed by atoms with Crippen molar-refractivity contribution in [1.82, 2.24) is 4.98 Å². The maximum atomic E-state index is 9.23. The normalized spacial score (nSPS) is 13.9. The Labute approximate surface area is 103 Å². The summed E-state index contributed by atoms with van der Waals surface area (Å²) in [4.78, 5) is 3.98. The molecule has 0 aliphatic heterocycles. The molecule has 4 nitrogen and oxygen atoms in total. The minimum absolute atomic E-state index is 0.397. The number of nitrogens with zero attached hydrogens (tertiary/aromatic N) is 2. The molecule has 0 aliphatic rings. The highest BCUT2D eigenvalue weighted by Gasteiger charge is 2.27. The molecule has 0 spiro atoms. The second kappa shape index (κ2) is 5.04. The van der Waals surface area contributed by atoms with Crippen molar-refractivity contribution in [1.29, 1.82) is 5.26 Å². The van der Waals surface area contributed by atoms with Crippen LogP contribution in [0.4, 0.5) is 0 Å². The first-order chi connectivity index (χ1) is 8.24. The highest BCUT2D eigenvalue weighted by molar-refractivity contribution is 7.99. The molecule has 86 valence electrons. The number of nitriles is 1. The van der Waals surface area contributed by atoms with Crippen LogP contribution in [0.1, 0.15) is 5.56 Å². The van der Waals surface area contributed by atoms with E-state index in [-0.39, 0.29) is 0 Å². The molecule has 1 unspecified atom stereocenters. The fourth-order valence-electron chi connectivity index (χ4n) is 1.37. The maximum absolute atomic E-state index is 9.23. The quantitative estimate of drug-likeness (QED) is 0.835. The zero-order valence-electron chi connectivity index (χ0n) is 9.04. The van der Waals surface area contributed by atoms with E-state index in [1.807, 2.05) is 30.3 Å². The Hall–Kier alpha value is -1.77. The summed E-state index contributed by atoms with van der Waals surface area (Å²) in [5, 5.41) is 9.75. The van der Waals surface area contributed by atoms with E-state index in [0.29, 0.717) is 11.0 Å². The number of rotatable bonds is 4. The van der Waals surface area contributed by atoms with Gasteiger partial charge in [-0.05, 0) is 5.56 Å². The van der Waals surface area contributed by atoms with Gasteiger partial charge in [-0.15, -0.1) is 0 Å². The Bertz CT molecular complexity index is 506. The van der Waals surface area contributed by atoms with Crippen LogP contribution in [0.5, 0.6) is 0 Å². The van der Waals surface area contributed by atoms with E-state index in [4.69, 9.17) is 10.2 Å². The van der Waals surface area contributed by atoms with Gasteiger partial charge in [0.15, 0.2) is 0 Å². The van der Waals surface area contributed by atoms with Crippen LogP contribution >= 0.6 is 11.8 Å².